The quantitative estimate of drug-likeness (QED) is 0.401. The van der Waals surface area contributed by atoms with Crippen molar-refractivity contribution in [2.24, 2.45) is 5.92 Å². The normalized spacial score (nSPS) is 26.2. The number of aliphatic hydroxyl groups is 2. The molecule has 9 nitrogen and oxygen atoms in total. The largest absolute Gasteiger partial charge is 0.480 e. The van der Waals surface area contributed by atoms with E-state index in [1.54, 1.807) is 30.3 Å². The van der Waals surface area contributed by atoms with Gasteiger partial charge < -0.3 is 26.0 Å². The van der Waals surface area contributed by atoms with Crippen molar-refractivity contribution >= 4 is 34.7 Å². The fourth-order valence-corrected chi connectivity index (χ4v) is 4.11. The molecule has 152 valence electrons. The lowest BCUT2D eigenvalue weighted by atomic mass is 9.82. The molecule has 0 spiro atoms. The number of aliphatic carboxylic acids is 1. The number of benzene rings is 1. The summed E-state index contributed by atoms with van der Waals surface area (Å²) in [5, 5.41) is 34.5. The standard InChI is InChI=1S/C18H22N2O7S/c1-9-13(22)18(20-15(9)24,14(23)11-6-4-3-5-7-11)17(27)28-8-12(16(25)26)19-10(2)21/h3-7,9,12-14,22-23H,8H2,1-2H3,(H,19,21)(H,20,24)(H,25,26)/t9-,12+,13+,14+,18-/m1/s1. The fraction of sp³-hybridized carbons (Fsp3) is 0.444. The minimum absolute atomic E-state index is 0.307. The molecular formula is C18H22N2O7S. The Morgan fingerprint density at radius 2 is 1.89 bits per heavy atom. The monoisotopic (exact) mass is 410 g/mol. The van der Waals surface area contributed by atoms with Crippen LogP contribution in [0.25, 0.3) is 0 Å². The average Bonchev–Trinajstić information content (AvgIpc) is 2.89. The summed E-state index contributed by atoms with van der Waals surface area (Å²) in [6.45, 7) is 2.57. The second-order valence-corrected chi connectivity index (χ2v) is 7.59. The number of amides is 2. The molecule has 1 aliphatic rings. The Morgan fingerprint density at radius 1 is 1.29 bits per heavy atom. The summed E-state index contributed by atoms with van der Waals surface area (Å²) < 4.78 is 0. The molecule has 28 heavy (non-hydrogen) atoms. The molecule has 5 N–H and O–H groups in total. The Morgan fingerprint density at radius 3 is 2.36 bits per heavy atom. The first-order valence-electron chi connectivity index (χ1n) is 8.51. The van der Waals surface area contributed by atoms with Gasteiger partial charge in [-0.3, -0.25) is 14.4 Å². The second-order valence-electron chi connectivity index (χ2n) is 6.59. The van der Waals surface area contributed by atoms with Crippen molar-refractivity contribution in [1.29, 1.82) is 0 Å². The first-order valence-corrected chi connectivity index (χ1v) is 9.50. The molecule has 0 saturated carbocycles. The highest BCUT2D eigenvalue weighted by atomic mass is 32.2. The SMILES string of the molecule is CC(=O)N[C@@H](CSC(=O)[C@@]1([C@@H](O)c2ccccc2)NC(=O)[C@H](C)[C@@H]1O)C(=O)O. The summed E-state index contributed by atoms with van der Waals surface area (Å²) in [5.41, 5.74) is -1.73. The zero-order valence-corrected chi connectivity index (χ0v) is 16.1. The van der Waals surface area contributed by atoms with Gasteiger partial charge in [0.1, 0.15) is 12.1 Å². The lowest BCUT2D eigenvalue weighted by molar-refractivity contribution is -0.140. The number of carbonyl (C=O) groups excluding carboxylic acids is 3. The molecule has 0 unspecified atom stereocenters. The number of nitrogens with one attached hydrogen (secondary N) is 2. The predicted molar refractivity (Wildman–Crippen MR) is 100 cm³/mol. The molecular weight excluding hydrogens is 388 g/mol. The van der Waals surface area contributed by atoms with Gasteiger partial charge in [0.2, 0.25) is 16.9 Å². The van der Waals surface area contributed by atoms with Crippen LogP contribution in [-0.2, 0) is 19.2 Å². The summed E-state index contributed by atoms with van der Waals surface area (Å²) in [6.07, 6.45) is -3.08. The summed E-state index contributed by atoms with van der Waals surface area (Å²) in [6, 6.07) is 6.72. The number of hydrogen-bond acceptors (Lipinski definition) is 7. The van der Waals surface area contributed by atoms with Crippen molar-refractivity contribution in [3.63, 3.8) is 0 Å². The van der Waals surface area contributed by atoms with Gasteiger partial charge in [0.25, 0.3) is 0 Å². The molecule has 2 rings (SSSR count). The molecule has 0 aliphatic carbocycles. The smallest absolute Gasteiger partial charge is 0.327 e. The molecule has 1 aromatic rings. The van der Waals surface area contributed by atoms with Gasteiger partial charge in [-0.15, -0.1) is 0 Å². The van der Waals surface area contributed by atoms with Crippen LogP contribution >= 0.6 is 11.8 Å². The maximum absolute atomic E-state index is 13.0. The van der Waals surface area contributed by atoms with Gasteiger partial charge >= 0.3 is 5.97 Å². The maximum atomic E-state index is 13.0. The van der Waals surface area contributed by atoms with Crippen LogP contribution in [-0.4, -0.2) is 61.7 Å². The van der Waals surface area contributed by atoms with Gasteiger partial charge in [0.15, 0.2) is 5.54 Å². The summed E-state index contributed by atoms with van der Waals surface area (Å²) in [4.78, 5) is 47.6. The summed E-state index contributed by atoms with van der Waals surface area (Å²) >= 11 is 0.513. The molecule has 2 amide bonds. The number of thioether (sulfide) groups is 1. The zero-order valence-electron chi connectivity index (χ0n) is 15.3. The molecule has 5 atom stereocenters. The van der Waals surface area contributed by atoms with Crippen molar-refractivity contribution in [1.82, 2.24) is 10.6 Å². The van der Waals surface area contributed by atoms with Crippen LogP contribution in [0, 0.1) is 5.92 Å². The van der Waals surface area contributed by atoms with E-state index in [9.17, 15) is 34.5 Å². The van der Waals surface area contributed by atoms with Crippen LogP contribution in [0.1, 0.15) is 25.5 Å². The Bertz CT molecular complexity index is 772. The third-order valence-electron chi connectivity index (χ3n) is 4.62. The van der Waals surface area contributed by atoms with Crippen LogP contribution in [0.2, 0.25) is 0 Å². The van der Waals surface area contributed by atoms with Crippen molar-refractivity contribution in [3.8, 4) is 0 Å². The zero-order chi connectivity index (χ0) is 21.1. The van der Waals surface area contributed by atoms with Crippen molar-refractivity contribution in [2.75, 3.05) is 5.75 Å². The molecule has 0 bridgehead atoms. The summed E-state index contributed by atoms with van der Waals surface area (Å²) in [7, 11) is 0. The van der Waals surface area contributed by atoms with E-state index in [4.69, 9.17) is 0 Å². The molecule has 0 aromatic heterocycles. The van der Waals surface area contributed by atoms with Crippen molar-refractivity contribution in [3.05, 3.63) is 35.9 Å². The summed E-state index contributed by atoms with van der Waals surface area (Å²) in [5.74, 6) is -3.81. The van der Waals surface area contributed by atoms with Crippen molar-refractivity contribution in [2.45, 2.75) is 37.6 Å². The van der Waals surface area contributed by atoms with E-state index < -0.39 is 52.6 Å². The number of carboxylic acids is 1. The third kappa shape index (κ3) is 4.18. The molecule has 1 fully saturated rings. The topological polar surface area (TPSA) is 153 Å². The highest BCUT2D eigenvalue weighted by Crippen LogP contribution is 2.40. The Balaban J connectivity index is 2.32. The van der Waals surface area contributed by atoms with E-state index in [1.807, 2.05) is 0 Å². The van der Waals surface area contributed by atoms with Crippen LogP contribution in [0.5, 0.6) is 0 Å². The van der Waals surface area contributed by atoms with Crippen LogP contribution in [0.4, 0.5) is 0 Å². The van der Waals surface area contributed by atoms with Gasteiger partial charge in [-0.2, -0.15) is 0 Å². The van der Waals surface area contributed by atoms with Gasteiger partial charge in [-0.05, 0) is 5.56 Å². The minimum Gasteiger partial charge on any atom is -0.480 e. The minimum atomic E-state index is -2.04. The Hall–Kier alpha value is -2.43. The highest BCUT2D eigenvalue weighted by molar-refractivity contribution is 8.13. The predicted octanol–water partition coefficient (Wildman–Crippen LogP) is -0.565. The lowest BCUT2D eigenvalue weighted by Gasteiger charge is -2.36. The van der Waals surface area contributed by atoms with E-state index in [-0.39, 0.29) is 5.75 Å². The molecule has 1 aromatic carbocycles. The highest BCUT2D eigenvalue weighted by Gasteiger charge is 2.60. The Kier molecular flexibility index (Phi) is 6.81. The van der Waals surface area contributed by atoms with E-state index in [1.165, 1.54) is 6.92 Å². The van der Waals surface area contributed by atoms with Crippen LogP contribution in [0.15, 0.2) is 30.3 Å². The van der Waals surface area contributed by atoms with E-state index in [2.05, 4.69) is 10.6 Å². The first-order chi connectivity index (χ1) is 13.1. The maximum Gasteiger partial charge on any atom is 0.327 e. The first kappa shape index (κ1) is 21.9. The molecule has 1 saturated heterocycles. The van der Waals surface area contributed by atoms with E-state index in [0.29, 0.717) is 17.3 Å². The number of carboxylic acid groups (broad SMARTS) is 1. The van der Waals surface area contributed by atoms with Crippen LogP contribution < -0.4 is 10.6 Å². The molecule has 0 radical (unpaired) electrons. The van der Waals surface area contributed by atoms with Crippen molar-refractivity contribution < 1.29 is 34.5 Å². The third-order valence-corrected chi connectivity index (χ3v) is 5.72. The van der Waals surface area contributed by atoms with Gasteiger partial charge in [0.05, 0.1) is 12.0 Å². The van der Waals surface area contributed by atoms with Crippen LogP contribution in [0.3, 0.4) is 0 Å². The number of aliphatic hydroxyl groups excluding tert-OH is 2. The number of carbonyl (C=O) groups is 4. The lowest BCUT2D eigenvalue weighted by Crippen LogP contribution is -2.59. The average molecular weight is 410 g/mol. The van der Waals surface area contributed by atoms with Gasteiger partial charge in [0, 0.05) is 12.7 Å². The van der Waals surface area contributed by atoms with Gasteiger partial charge in [-0.1, -0.05) is 49.0 Å². The van der Waals surface area contributed by atoms with Gasteiger partial charge in [-0.25, -0.2) is 4.79 Å². The molecule has 1 heterocycles. The molecule has 10 heteroatoms. The van der Waals surface area contributed by atoms with E-state index in [0.717, 1.165) is 6.92 Å². The fourth-order valence-electron chi connectivity index (χ4n) is 3.04. The number of hydrogen-bond donors (Lipinski definition) is 5. The Labute approximate surface area is 165 Å². The second kappa shape index (κ2) is 8.72. The van der Waals surface area contributed by atoms with E-state index >= 15 is 0 Å². The molecule has 1 aliphatic heterocycles. The number of rotatable bonds is 7.